The van der Waals surface area contributed by atoms with Crippen LogP contribution in [0.1, 0.15) is 23.2 Å². The van der Waals surface area contributed by atoms with Crippen molar-refractivity contribution in [2.24, 2.45) is 0 Å². The standard InChI is InChI=1S/C21H20ClFN4O4/c1-12-11-14(22)7-8-17(12)30-13(2)19(28)24-9-10-25-20(29)21-26-18(27-31-21)15-5-3-4-6-16(15)23/h3-8,11,13H,9-10H2,1-2H3,(H,24,28)(H,25,29). The molecule has 0 spiro atoms. The SMILES string of the molecule is Cc1cc(Cl)ccc1OC(C)C(=O)NCCNC(=O)c1nc(-c2ccccc2F)no1. The highest BCUT2D eigenvalue weighted by atomic mass is 35.5. The maximum atomic E-state index is 13.8. The van der Waals surface area contributed by atoms with E-state index in [0.29, 0.717) is 10.8 Å². The Bertz CT molecular complexity index is 1090. The largest absolute Gasteiger partial charge is 0.481 e. The molecule has 3 aromatic rings. The third kappa shape index (κ3) is 5.79. The van der Waals surface area contributed by atoms with Crippen molar-refractivity contribution in [2.45, 2.75) is 20.0 Å². The number of hydrogen-bond acceptors (Lipinski definition) is 6. The first kappa shape index (κ1) is 22.2. The lowest BCUT2D eigenvalue weighted by atomic mass is 10.2. The molecule has 3 rings (SSSR count). The van der Waals surface area contributed by atoms with E-state index in [9.17, 15) is 14.0 Å². The molecular formula is C21H20ClFN4O4. The van der Waals surface area contributed by atoms with Crippen LogP contribution < -0.4 is 15.4 Å². The molecule has 162 valence electrons. The van der Waals surface area contributed by atoms with Gasteiger partial charge in [-0.25, -0.2) is 4.39 Å². The van der Waals surface area contributed by atoms with Gasteiger partial charge in [-0.2, -0.15) is 4.98 Å². The van der Waals surface area contributed by atoms with Crippen molar-refractivity contribution in [2.75, 3.05) is 13.1 Å². The second-order valence-corrected chi connectivity index (χ2v) is 7.06. The number of ether oxygens (including phenoxy) is 1. The van der Waals surface area contributed by atoms with Gasteiger partial charge in [-0.05, 0) is 49.7 Å². The Balaban J connectivity index is 1.44. The fraction of sp³-hybridized carbons (Fsp3) is 0.238. The molecule has 1 heterocycles. The normalized spacial score (nSPS) is 11.6. The van der Waals surface area contributed by atoms with Gasteiger partial charge in [-0.3, -0.25) is 9.59 Å². The fourth-order valence-corrected chi connectivity index (χ4v) is 2.86. The Kier molecular flexibility index (Phi) is 7.19. The predicted octanol–water partition coefficient (Wildman–Crippen LogP) is 3.15. The van der Waals surface area contributed by atoms with Crippen molar-refractivity contribution < 1.29 is 23.2 Å². The summed E-state index contributed by atoms with van der Waals surface area (Å²) in [6, 6.07) is 11.0. The van der Waals surface area contributed by atoms with E-state index < -0.39 is 17.8 Å². The summed E-state index contributed by atoms with van der Waals surface area (Å²) < 4.78 is 24.3. The molecule has 0 radical (unpaired) electrons. The van der Waals surface area contributed by atoms with E-state index in [1.165, 1.54) is 18.2 Å². The molecule has 0 saturated carbocycles. The molecule has 1 aromatic heterocycles. The van der Waals surface area contributed by atoms with E-state index in [1.807, 2.05) is 6.92 Å². The van der Waals surface area contributed by atoms with Gasteiger partial charge in [0.2, 0.25) is 5.82 Å². The Hall–Kier alpha value is -3.46. The lowest BCUT2D eigenvalue weighted by molar-refractivity contribution is -0.127. The summed E-state index contributed by atoms with van der Waals surface area (Å²) in [5.74, 6) is -1.28. The summed E-state index contributed by atoms with van der Waals surface area (Å²) >= 11 is 5.91. The average Bonchev–Trinajstić information content (AvgIpc) is 3.23. The van der Waals surface area contributed by atoms with Gasteiger partial charge in [-0.1, -0.05) is 28.9 Å². The Morgan fingerprint density at radius 2 is 1.94 bits per heavy atom. The Morgan fingerprint density at radius 3 is 2.68 bits per heavy atom. The van der Waals surface area contributed by atoms with Gasteiger partial charge in [0.15, 0.2) is 6.10 Å². The number of nitrogens with zero attached hydrogens (tertiary/aromatic N) is 2. The number of carbonyl (C=O) groups is 2. The van der Waals surface area contributed by atoms with Crippen molar-refractivity contribution >= 4 is 23.4 Å². The first-order valence-electron chi connectivity index (χ1n) is 9.42. The third-order valence-corrected chi connectivity index (χ3v) is 4.49. The molecule has 1 atom stereocenters. The van der Waals surface area contributed by atoms with Crippen LogP contribution in [0.3, 0.4) is 0 Å². The van der Waals surface area contributed by atoms with Crippen LogP contribution in [0.4, 0.5) is 4.39 Å². The molecule has 0 aliphatic rings. The molecule has 0 aliphatic heterocycles. The first-order chi connectivity index (χ1) is 14.8. The number of halogens is 2. The van der Waals surface area contributed by atoms with Gasteiger partial charge < -0.3 is 19.9 Å². The second-order valence-electron chi connectivity index (χ2n) is 6.62. The lowest BCUT2D eigenvalue weighted by Gasteiger charge is -2.16. The van der Waals surface area contributed by atoms with E-state index >= 15 is 0 Å². The third-order valence-electron chi connectivity index (χ3n) is 4.25. The molecule has 2 N–H and O–H groups in total. The number of rotatable bonds is 8. The number of aryl methyl sites for hydroxylation is 1. The minimum Gasteiger partial charge on any atom is -0.481 e. The van der Waals surface area contributed by atoms with Gasteiger partial charge in [0.1, 0.15) is 11.6 Å². The van der Waals surface area contributed by atoms with Crippen molar-refractivity contribution in [1.82, 2.24) is 20.8 Å². The van der Waals surface area contributed by atoms with E-state index in [-0.39, 0.29) is 36.3 Å². The Morgan fingerprint density at radius 1 is 1.19 bits per heavy atom. The number of amides is 2. The number of aromatic nitrogens is 2. The highest BCUT2D eigenvalue weighted by Crippen LogP contribution is 2.23. The highest BCUT2D eigenvalue weighted by Gasteiger charge is 2.18. The molecule has 0 fully saturated rings. The summed E-state index contributed by atoms with van der Waals surface area (Å²) in [6.07, 6.45) is -0.741. The summed E-state index contributed by atoms with van der Waals surface area (Å²) in [4.78, 5) is 28.2. The van der Waals surface area contributed by atoms with Crippen molar-refractivity contribution in [3.8, 4) is 17.1 Å². The average molecular weight is 447 g/mol. The molecule has 0 saturated heterocycles. The summed E-state index contributed by atoms with van der Waals surface area (Å²) in [6.45, 7) is 3.72. The fourth-order valence-electron chi connectivity index (χ4n) is 2.64. The Labute approximate surface area is 182 Å². The van der Waals surface area contributed by atoms with Crippen LogP contribution in [0.2, 0.25) is 5.02 Å². The monoisotopic (exact) mass is 446 g/mol. The van der Waals surface area contributed by atoms with Crippen LogP contribution in [0.15, 0.2) is 47.0 Å². The van der Waals surface area contributed by atoms with Gasteiger partial charge in [0.05, 0.1) is 5.56 Å². The zero-order valence-corrected chi connectivity index (χ0v) is 17.6. The number of carbonyl (C=O) groups excluding carboxylic acids is 2. The number of hydrogen-bond donors (Lipinski definition) is 2. The molecular weight excluding hydrogens is 427 g/mol. The van der Waals surface area contributed by atoms with Crippen LogP contribution in [-0.4, -0.2) is 41.1 Å². The smallest absolute Gasteiger partial charge is 0.316 e. The van der Waals surface area contributed by atoms with Crippen molar-refractivity contribution in [1.29, 1.82) is 0 Å². The molecule has 10 heteroatoms. The molecule has 0 bridgehead atoms. The van der Waals surface area contributed by atoms with Crippen LogP contribution in [0.25, 0.3) is 11.4 Å². The van der Waals surface area contributed by atoms with Gasteiger partial charge in [-0.15, -0.1) is 0 Å². The van der Waals surface area contributed by atoms with Gasteiger partial charge >= 0.3 is 11.8 Å². The summed E-state index contributed by atoms with van der Waals surface area (Å²) in [5.41, 5.74) is 0.941. The highest BCUT2D eigenvalue weighted by molar-refractivity contribution is 6.30. The lowest BCUT2D eigenvalue weighted by Crippen LogP contribution is -2.40. The summed E-state index contributed by atoms with van der Waals surface area (Å²) in [5, 5.41) is 9.40. The molecule has 31 heavy (non-hydrogen) atoms. The van der Waals surface area contributed by atoms with Crippen LogP contribution in [0.5, 0.6) is 5.75 Å². The van der Waals surface area contributed by atoms with Gasteiger partial charge in [0.25, 0.3) is 5.91 Å². The molecule has 0 aliphatic carbocycles. The first-order valence-corrected chi connectivity index (χ1v) is 9.80. The number of benzene rings is 2. The topological polar surface area (TPSA) is 106 Å². The molecule has 2 aromatic carbocycles. The van der Waals surface area contributed by atoms with Crippen LogP contribution in [-0.2, 0) is 4.79 Å². The van der Waals surface area contributed by atoms with Gasteiger partial charge in [0, 0.05) is 18.1 Å². The van der Waals surface area contributed by atoms with Crippen LogP contribution in [0, 0.1) is 12.7 Å². The molecule has 1 unspecified atom stereocenters. The zero-order valence-electron chi connectivity index (χ0n) is 16.8. The summed E-state index contributed by atoms with van der Waals surface area (Å²) in [7, 11) is 0. The van der Waals surface area contributed by atoms with E-state index in [4.69, 9.17) is 20.9 Å². The van der Waals surface area contributed by atoms with Crippen molar-refractivity contribution in [3.63, 3.8) is 0 Å². The predicted molar refractivity (Wildman–Crippen MR) is 111 cm³/mol. The minimum absolute atomic E-state index is 0.0278. The van der Waals surface area contributed by atoms with Crippen LogP contribution >= 0.6 is 11.6 Å². The van der Waals surface area contributed by atoms with E-state index in [2.05, 4.69) is 20.8 Å². The second kappa shape index (κ2) is 10.0. The minimum atomic E-state index is -0.741. The zero-order chi connectivity index (χ0) is 22.4. The van der Waals surface area contributed by atoms with E-state index in [0.717, 1.165) is 5.56 Å². The molecule has 8 nitrogen and oxygen atoms in total. The maximum Gasteiger partial charge on any atom is 0.316 e. The molecule has 2 amide bonds. The maximum absolute atomic E-state index is 13.8. The van der Waals surface area contributed by atoms with E-state index in [1.54, 1.807) is 31.2 Å². The van der Waals surface area contributed by atoms with Crippen molar-refractivity contribution in [3.05, 3.63) is 64.8 Å². The number of nitrogens with one attached hydrogen (secondary N) is 2. The quantitative estimate of drug-likeness (QED) is 0.515.